The number of rotatable bonds is 4. The Bertz CT molecular complexity index is 536. The second-order valence-corrected chi connectivity index (χ2v) is 6.02. The highest BCUT2D eigenvalue weighted by atomic mass is 32.1. The third-order valence-corrected chi connectivity index (χ3v) is 4.36. The molecule has 0 spiro atoms. The third-order valence-electron chi connectivity index (χ3n) is 3.63. The van der Waals surface area contributed by atoms with Crippen molar-refractivity contribution in [2.24, 2.45) is 0 Å². The van der Waals surface area contributed by atoms with Crippen LogP contribution in [-0.4, -0.2) is 16.0 Å². The van der Waals surface area contributed by atoms with Crippen LogP contribution in [0.5, 0.6) is 0 Å². The number of aryl methyl sites for hydroxylation is 1. The lowest BCUT2D eigenvalue weighted by atomic mass is 9.96. The summed E-state index contributed by atoms with van der Waals surface area (Å²) in [5.41, 5.74) is 3.98. The van der Waals surface area contributed by atoms with Crippen LogP contribution in [0.2, 0.25) is 0 Å². The van der Waals surface area contributed by atoms with Gasteiger partial charge in [-0.2, -0.15) is 11.3 Å². The van der Waals surface area contributed by atoms with Crippen LogP contribution in [0.25, 0.3) is 0 Å². The number of nitrogens with one attached hydrogen (secondary N) is 1. The van der Waals surface area contributed by atoms with E-state index in [0.29, 0.717) is 6.04 Å². The molecule has 0 radical (unpaired) electrons. The molecule has 2 aromatic heterocycles. The minimum Gasteiger partial charge on any atom is -0.367 e. The Morgan fingerprint density at radius 1 is 1.32 bits per heavy atom. The predicted molar refractivity (Wildman–Crippen MR) is 79.8 cm³/mol. The van der Waals surface area contributed by atoms with E-state index in [9.17, 15) is 0 Å². The zero-order valence-corrected chi connectivity index (χ0v) is 12.0. The maximum Gasteiger partial charge on any atom is 0.133 e. The van der Waals surface area contributed by atoms with Gasteiger partial charge in [-0.05, 0) is 61.4 Å². The number of thiophene rings is 1. The van der Waals surface area contributed by atoms with Crippen molar-refractivity contribution in [1.82, 2.24) is 9.97 Å². The molecule has 1 N–H and O–H groups in total. The van der Waals surface area contributed by atoms with Crippen LogP contribution in [0.1, 0.15) is 36.6 Å². The summed E-state index contributed by atoms with van der Waals surface area (Å²) in [4.78, 5) is 8.86. The second-order valence-electron chi connectivity index (χ2n) is 5.24. The van der Waals surface area contributed by atoms with Gasteiger partial charge >= 0.3 is 0 Å². The molecule has 2 heterocycles. The monoisotopic (exact) mass is 273 g/mol. The summed E-state index contributed by atoms with van der Waals surface area (Å²) in [7, 11) is 0. The Balaban J connectivity index is 1.72. The fourth-order valence-electron chi connectivity index (χ4n) is 2.69. The van der Waals surface area contributed by atoms with Gasteiger partial charge in [0.15, 0.2) is 0 Å². The Hall–Kier alpha value is -1.42. The number of hydrogen-bond donors (Lipinski definition) is 1. The molecule has 0 aliphatic heterocycles. The molecule has 4 heteroatoms. The Morgan fingerprint density at radius 3 is 3.05 bits per heavy atom. The molecule has 1 aliphatic rings. The first-order chi connectivity index (χ1) is 9.33. The summed E-state index contributed by atoms with van der Waals surface area (Å²) in [5.74, 6) is 1.05. The number of fused-ring (bicyclic) bond motifs is 1. The van der Waals surface area contributed by atoms with Crippen molar-refractivity contribution in [1.29, 1.82) is 0 Å². The molecule has 1 unspecified atom stereocenters. The molecule has 1 aliphatic carbocycles. The molecule has 0 aromatic carbocycles. The van der Waals surface area contributed by atoms with Gasteiger partial charge in [0.1, 0.15) is 12.1 Å². The maximum absolute atomic E-state index is 4.44. The second kappa shape index (κ2) is 5.70. The molecule has 19 heavy (non-hydrogen) atoms. The first kappa shape index (κ1) is 12.6. The number of hydrogen-bond acceptors (Lipinski definition) is 4. The standard InChI is InChI=1S/C15H19N3S/c1-11(8-12-6-7-19-9-12)18-15-13-4-2-3-5-14(13)16-10-17-15/h6-7,9-11H,2-5,8H2,1H3,(H,16,17,18). The highest BCUT2D eigenvalue weighted by Gasteiger charge is 2.16. The molecule has 0 fully saturated rings. The topological polar surface area (TPSA) is 37.8 Å². The molecule has 100 valence electrons. The first-order valence-electron chi connectivity index (χ1n) is 6.93. The van der Waals surface area contributed by atoms with E-state index in [1.54, 1.807) is 17.7 Å². The Kier molecular flexibility index (Phi) is 3.78. The van der Waals surface area contributed by atoms with Gasteiger partial charge in [0.25, 0.3) is 0 Å². The predicted octanol–water partition coefficient (Wildman–Crippen LogP) is 3.46. The van der Waals surface area contributed by atoms with Crippen LogP contribution in [-0.2, 0) is 19.3 Å². The molecule has 1 atom stereocenters. The fourth-order valence-corrected chi connectivity index (χ4v) is 3.37. The highest BCUT2D eigenvalue weighted by molar-refractivity contribution is 7.07. The van der Waals surface area contributed by atoms with Crippen LogP contribution < -0.4 is 5.32 Å². The summed E-state index contributed by atoms with van der Waals surface area (Å²) >= 11 is 1.76. The van der Waals surface area contributed by atoms with Crippen LogP contribution in [0.3, 0.4) is 0 Å². The van der Waals surface area contributed by atoms with Gasteiger partial charge in [-0.1, -0.05) is 0 Å². The fraction of sp³-hybridized carbons (Fsp3) is 0.467. The lowest BCUT2D eigenvalue weighted by Crippen LogP contribution is -2.21. The average molecular weight is 273 g/mol. The SMILES string of the molecule is CC(Cc1ccsc1)Nc1ncnc2c1CCCC2. The van der Waals surface area contributed by atoms with Crippen molar-refractivity contribution >= 4 is 17.2 Å². The van der Waals surface area contributed by atoms with E-state index in [-0.39, 0.29) is 0 Å². The van der Waals surface area contributed by atoms with E-state index in [1.165, 1.54) is 29.7 Å². The van der Waals surface area contributed by atoms with Gasteiger partial charge < -0.3 is 5.32 Å². The quantitative estimate of drug-likeness (QED) is 0.927. The molecular formula is C15H19N3S. The van der Waals surface area contributed by atoms with Crippen molar-refractivity contribution in [3.63, 3.8) is 0 Å². The normalized spacial score (nSPS) is 15.8. The zero-order chi connectivity index (χ0) is 13.1. The summed E-state index contributed by atoms with van der Waals surface area (Å²) in [6.45, 7) is 2.22. The molecule has 0 saturated carbocycles. The average Bonchev–Trinajstić information content (AvgIpc) is 2.92. The van der Waals surface area contributed by atoms with E-state index in [2.05, 4.69) is 39.0 Å². The van der Waals surface area contributed by atoms with Crippen LogP contribution in [0.15, 0.2) is 23.2 Å². The van der Waals surface area contributed by atoms with E-state index in [4.69, 9.17) is 0 Å². The number of nitrogens with zero attached hydrogens (tertiary/aromatic N) is 2. The van der Waals surface area contributed by atoms with Gasteiger partial charge in [0.05, 0.1) is 0 Å². The summed E-state index contributed by atoms with van der Waals surface area (Å²) in [6, 6.07) is 2.59. The Morgan fingerprint density at radius 2 is 2.21 bits per heavy atom. The van der Waals surface area contributed by atoms with Gasteiger partial charge in [0, 0.05) is 17.3 Å². The molecule has 0 bridgehead atoms. The van der Waals surface area contributed by atoms with Crippen molar-refractivity contribution in [2.75, 3.05) is 5.32 Å². The molecule has 3 nitrogen and oxygen atoms in total. The Labute approximate surface area is 118 Å². The molecule has 2 aromatic rings. The lowest BCUT2D eigenvalue weighted by Gasteiger charge is -2.21. The van der Waals surface area contributed by atoms with Gasteiger partial charge in [-0.25, -0.2) is 9.97 Å². The molecule has 0 saturated heterocycles. The lowest BCUT2D eigenvalue weighted by molar-refractivity contribution is 0.660. The van der Waals surface area contributed by atoms with Crippen molar-refractivity contribution in [3.05, 3.63) is 40.0 Å². The molecule has 0 amide bonds. The van der Waals surface area contributed by atoms with Gasteiger partial charge in [-0.3, -0.25) is 0 Å². The minimum absolute atomic E-state index is 0.399. The summed E-state index contributed by atoms with van der Waals surface area (Å²) in [6.07, 6.45) is 7.48. The van der Waals surface area contributed by atoms with Gasteiger partial charge in [0.2, 0.25) is 0 Å². The van der Waals surface area contributed by atoms with Crippen molar-refractivity contribution in [2.45, 2.75) is 45.1 Å². The van der Waals surface area contributed by atoms with E-state index < -0.39 is 0 Å². The molecular weight excluding hydrogens is 254 g/mol. The first-order valence-corrected chi connectivity index (χ1v) is 7.87. The smallest absolute Gasteiger partial charge is 0.133 e. The third kappa shape index (κ3) is 2.95. The van der Waals surface area contributed by atoms with Crippen molar-refractivity contribution < 1.29 is 0 Å². The van der Waals surface area contributed by atoms with E-state index in [1.807, 2.05) is 0 Å². The molecule has 3 rings (SSSR count). The maximum atomic E-state index is 4.44. The largest absolute Gasteiger partial charge is 0.367 e. The van der Waals surface area contributed by atoms with Crippen molar-refractivity contribution in [3.8, 4) is 0 Å². The zero-order valence-electron chi connectivity index (χ0n) is 11.2. The van der Waals surface area contributed by atoms with E-state index in [0.717, 1.165) is 25.1 Å². The highest BCUT2D eigenvalue weighted by Crippen LogP contribution is 2.25. The summed E-state index contributed by atoms with van der Waals surface area (Å²) < 4.78 is 0. The van der Waals surface area contributed by atoms with E-state index >= 15 is 0 Å². The minimum atomic E-state index is 0.399. The number of anilines is 1. The van der Waals surface area contributed by atoms with Gasteiger partial charge in [-0.15, -0.1) is 0 Å². The summed E-state index contributed by atoms with van der Waals surface area (Å²) in [5, 5.41) is 7.91. The number of aromatic nitrogens is 2. The van der Waals surface area contributed by atoms with Crippen LogP contribution >= 0.6 is 11.3 Å². The van der Waals surface area contributed by atoms with Crippen LogP contribution in [0, 0.1) is 0 Å². The van der Waals surface area contributed by atoms with Crippen LogP contribution in [0.4, 0.5) is 5.82 Å².